The first-order valence-corrected chi connectivity index (χ1v) is 10.1. The second-order valence-electron chi connectivity index (χ2n) is 7.25. The highest BCUT2D eigenvalue weighted by Gasteiger charge is 2.30. The summed E-state index contributed by atoms with van der Waals surface area (Å²) in [5.41, 5.74) is 1.72. The Bertz CT molecular complexity index is 957. The number of piperazine rings is 1. The molecule has 4 rings (SSSR count). The lowest BCUT2D eigenvalue weighted by molar-refractivity contribution is -0.121. The molecule has 1 saturated heterocycles. The number of ether oxygens (including phenoxy) is 1. The van der Waals surface area contributed by atoms with Crippen molar-refractivity contribution in [3.05, 3.63) is 84.6 Å². The van der Waals surface area contributed by atoms with Gasteiger partial charge in [-0.3, -0.25) is 9.69 Å². The first kappa shape index (κ1) is 19.9. The van der Waals surface area contributed by atoms with E-state index in [0.29, 0.717) is 5.75 Å². The standard InChI is InChI=1S/C24H26N4O2/c1-30-21-11-7-10-20(18-21)26-24(29)23(19-8-3-2-4-9-19)28-16-14-27(15-17-28)22-12-5-6-13-25-22/h2-13,18,23H,14-17H2,1H3,(H,26,29)/t23-/m0/s1. The van der Waals surface area contributed by atoms with Crippen LogP contribution in [0.1, 0.15) is 11.6 Å². The van der Waals surface area contributed by atoms with Gasteiger partial charge in [0, 0.05) is 44.1 Å². The summed E-state index contributed by atoms with van der Waals surface area (Å²) in [4.78, 5) is 22.3. The molecule has 0 bridgehead atoms. The number of nitrogens with one attached hydrogen (secondary N) is 1. The summed E-state index contributed by atoms with van der Waals surface area (Å²) < 4.78 is 5.28. The summed E-state index contributed by atoms with van der Waals surface area (Å²) in [7, 11) is 1.62. The normalized spacial score (nSPS) is 15.4. The van der Waals surface area contributed by atoms with E-state index in [9.17, 15) is 4.79 Å². The molecule has 1 N–H and O–H groups in total. The van der Waals surface area contributed by atoms with E-state index in [1.54, 1.807) is 7.11 Å². The van der Waals surface area contributed by atoms with Crippen molar-refractivity contribution in [2.24, 2.45) is 0 Å². The van der Waals surface area contributed by atoms with Crippen LogP contribution in [0, 0.1) is 0 Å². The monoisotopic (exact) mass is 402 g/mol. The molecule has 154 valence electrons. The number of nitrogens with zero attached hydrogens (tertiary/aromatic N) is 3. The minimum Gasteiger partial charge on any atom is -0.497 e. The fourth-order valence-corrected chi connectivity index (χ4v) is 3.82. The van der Waals surface area contributed by atoms with Crippen LogP contribution < -0.4 is 15.0 Å². The number of rotatable bonds is 6. The highest BCUT2D eigenvalue weighted by molar-refractivity contribution is 5.95. The van der Waals surface area contributed by atoms with Gasteiger partial charge in [-0.2, -0.15) is 0 Å². The lowest BCUT2D eigenvalue weighted by Gasteiger charge is -2.39. The fourth-order valence-electron chi connectivity index (χ4n) is 3.82. The number of methoxy groups -OCH3 is 1. The molecule has 1 aromatic heterocycles. The average Bonchev–Trinajstić information content (AvgIpc) is 2.81. The van der Waals surface area contributed by atoms with Crippen molar-refractivity contribution in [1.82, 2.24) is 9.88 Å². The van der Waals surface area contributed by atoms with Gasteiger partial charge in [-0.25, -0.2) is 4.98 Å². The van der Waals surface area contributed by atoms with Crippen LogP contribution in [0.25, 0.3) is 0 Å². The quantitative estimate of drug-likeness (QED) is 0.683. The molecule has 0 radical (unpaired) electrons. The van der Waals surface area contributed by atoms with Crippen LogP contribution in [0.5, 0.6) is 5.75 Å². The van der Waals surface area contributed by atoms with E-state index in [-0.39, 0.29) is 11.9 Å². The Labute approximate surface area is 177 Å². The van der Waals surface area contributed by atoms with Crippen LogP contribution in [0.3, 0.4) is 0 Å². The van der Waals surface area contributed by atoms with E-state index in [1.807, 2.05) is 79.0 Å². The molecule has 0 aliphatic carbocycles. The maximum absolute atomic E-state index is 13.3. The molecule has 1 atom stereocenters. The van der Waals surface area contributed by atoms with Crippen molar-refractivity contribution in [3.8, 4) is 5.75 Å². The predicted octanol–water partition coefficient (Wildman–Crippen LogP) is 3.59. The summed E-state index contributed by atoms with van der Waals surface area (Å²) >= 11 is 0. The topological polar surface area (TPSA) is 57.7 Å². The Kier molecular flexibility index (Phi) is 6.25. The molecule has 1 amide bonds. The molecule has 0 spiro atoms. The number of benzene rings is 2. The van der Waals surface area contributed by atoms with Gasteiger partial charge in [-0.05, 0) is 29.8 Å². The summed E-state index contributed by atoms with van der Waals surface area (Å²) in [6.45, 7) is 3.21. The number of anilines is 2. The maximum Gasteiger partial charge on any atom is 0.246 e. The number of hydrogen-bond acceptors (Lipinski definition) is 5. The Balaban J connectivity index is 1.51. The highest BCUT2D eigenvalue weighted by Crippen LogP contribution is 2.26. The summed E-state index contributed by atoms with van der Waals surface area (Å²) in [5.74, 6) is 1.66. The lowest BCUT2D eigenvalue weighted by Crippen LogP contribution is -2.50. The molecule has 0 unspecified atom stereocenters. The van der Waals surface area contributed by atoms with Crippen molar-refractivity contribution in [1.29, 1.82) is 0 Å². The molecule has 1 fully saturated rings. The zero-order valence-electron chi connectivity index (χ0n) is 17.1. The molecular weight excluding hydrogens is 376 g/mol. The lowest BCUT2D eigenvalue weighted by atomic mass is 10.0. The Morgan fingerprint density at radius 1 is 0.967 bits per heavy atom. The minimum absolute atomic E-state index is 0.0410. The molecule has 1 aliphatic rings. The number of hydrogen-bond donors (Lipinski definition) is 1. The molecule has 30 heavy (non-hydrogen) atoms. The molecular formula is C24H26N4O2. The van der Waals surface area contributed by atoms with Crippen LogP contribution in [-0.2, 0) is 4.79 Å². The van der Waals surface area contributed by atoms with Crippen LogP contribution in [0.4, 0.5) is 11.5 Å². The van der Waals surface area contributed by atoms with Gasteiger partial charge in [0.15, 0.2) is 0 Å². The van der Waals surface area contributed by atoms with Crippen molar-refractivity contribution in [2.45, 2.75) is 6.04 Å². The predicted molar refractivity (Wildman–Crippen MR) is 119 cm³/mol. The van der Waals surface area contributed by atoms with E-state index < -0.39 is 0 Å². The second-order valence-corrected chi connectivity index (χ2v) is 7.25. The molecule has 6 heteroatoms. The summed E-state index contributed by atoms with van der Waals surface area (Å²) in [5, 5.41) is 3.07. The third kappa shape index (κ3) is 4.60. The van der Waals surface area contributed by atoms with Gasteiger partial charge < -0.3 is 15.0 Å². The van der Waals surface area contributed by atoms with Crippen molar-refractivity contribution in [3.63, 3.8) is 0 Å². The molecule has 0 saturated carbocycles. The summed E-state index contributed by atoms with van der Waals surface area (Å²) in [6.07, 6.45) is 1.82. The number of carbonyl (C=O) groups excluding carboxylic acids is 1. The zero-order valence-corrected chi connectivity index (χ0v) is 17.1. The third-order valence-corrected chi connectivity index (χ3v) is 5.35. The van der Waals surface area contributed by atoms with Crippen molar-refractivity contribution >= 4 is 17.4 Å². The van der Waals surface area contributed by atoms with Gasteiger partial charge in [0.25, 0.3) is 0 Å². The van der Waals surface area contributed by atoms with Gasteiger partial charge in [0.05, 0.1) is 7.11 Å². The number of pyridine rings is 1. The average molecular weight is 402 g/mol. The number of carbonyl (C=O) groups is 1. The van der Waals surface area contributed by atoms with Gasteiger partial charge in [-0.15, -0.1) is 0 Å². The fraction of sp³-hybridized carbons (Fsp3) is 0.250. The second kappa shape index (κ2) is 9.41. The van der Waals surface area contributed by atoms with E-state index in [0.717, 1.165) is 43.2 Å². The third-order valence-electron chi connectivity index (χ3n) is 5.35. The molecule has 2 aromatic carbocycles. The Morgan fingerprint density at radius 2 is 1.73 bits per heavy atom. The van der Waals surface area contributed by atoms with Crippen molar-refractivity contribution in [2.75, 3.05) is 43.5 Å². The van der Waals surface area contributed by atoms with E-state index >= 15 is 0 Å². The molecule has 1 aliphatic heterocycles. The van der Waals surface area contributed by atoms with Gasteiger partial charge >= 0.3 is 0 Å². The van der Waals surface area contributed by atoms with E-state index in [1.165, 1.54) is 0 Å². The zero-order chi connectivity index (χ0) is 20.8. The highest BCUT2D eigenvalue weighted by atomic mass is 16.5. The Hall–Kier alpha value is -3.38. The van der Waals surface area contributed by atoms with Gasteiger partial charge in [0.1, 0.15) is 17.6 Å². The van der Waals surface area contributed by atoms with Crippen LogP contribution in [0.2, 0.25) is 0 Å². The largest absolute Gasteiger partial charge is 0.497 e. The van der Waals surface area contributed by atoms with E-state index in [4.69, 9.17) is 4.74 Å². The smallest absolute Gasteiger partial charge is 0.246 e. The molecule has 2 heterocycles. The first-order chi connectivity index (χ1) is 14.7. The number of amides is 1. The first-order valence-electron chi connectivity index (χ1n) is 10.1. The minimum atomic E-state index is -0.358. The Morgan fingerprint density at radius 3 is 2.43 bits per heavy atom. The molecule has 3 aromatic rings. The van der Waals surface area contributed by atoms with Crippen molar-refractivity contribution < 1.29 is 9.53 Å². The summed E-state index contributed by atoms with van der Waals surface area (Å²) in [6, 6.07) is 23.0. The van der Waals surface area contributed by atoms with Crippen LogP contribution in [0.15, 0.2) is 79.0 Å². The maximum atomic E-state index is 13.3. The van der Waals surface area contributed by atoms with Crippen LogP contribution in [-0.4, -0.2) is 49.1 Å². The van der Waals surface area contributed by atoms with Gasteiger partial charge in [-0.1, -0.05) is 42.5 Å². The SMILES string of the molecule is COc1cccc(NC(=O)[C@H](c2ccccc2)N2CCN(c3ccccn3)CC2)c1. The number of aromatic nitrogens is 1. The molecule has 6 nitrogen and oxygen atoms in total. The van der Waals surface area contributed by atoms with Crippen LogP contribution >= 0.6 is 0 Å². The van der Waals surface area contributed by atoms with E-state index in [2.05, 4.69) is 20.1 Å². The van der Waals surface area contributed by atoms with Gasteiger partial charge in [0.2, 0.25) is 5.91 Å².